The second-order valence-electron chi connectivity index (χ2n) is 12.8. The van der Waals surface area contributed by atoms with Crippen molar-refractivity contribution < 1.29 is 33.9 Å². The fraction of sp³-hybridized carbons (Fsp3) is 0.485. The second kappa shape index (κ2) is 10.1. The number of aliphatic hydroxyl groups is 3. The highest BCUT2D eigenvalue weighted by atomic mass is 19.1. The Kier molecular flexibility index (Phi) is 6.93. The monoisotopic (exact) mass is 593 g/mol. The molecule has 43 heavy (non-hydrogen) atoms. The van der Waals surface area contributed by atoms with E-state index in [2.05, 4.69) is 4.98 Å². The summed E-state index contributed by atoms with van der Waals surface area (Å²) in [7, 11) is 6.81. The molecular weight excluding hydrogens is 553 g/mol. The van der Waals surface area contributed by atoms with Crippen LogP contribution in [0.3, 0.4) is 0 Å². The van der Waals surface area contributed by atoms with E-state index >= 15 is 4.39 Å². The lowest BCUT2D eigenvalue weighted by Crippen LogP contribution is -2.68. The number of nitrogens with zero attached hydrogens (tertiary/aromatic N) is 3. The Morgan fingerprint density at radius 2 is 1.72 bits per heavy atom. The van der Waals surface area contributed by atoms with E-state index in [4.69, 9.17) is 14.2 Å². The number of pyridine rings is 1. The summed E-state index contributed by atoms with van der Waals surface area (Å²) in [6.07, 6.45) is -1.26. The van der Waals surface area contributed by atoms with E-state index in [1.807, 2.05) is 78.5 Å². The van der Waals surface area contributed by atoms with Crippen molar-refractivity contribution in [3.63, 3.8) is 0 Å². The summed E-state index contributed by atoms with van der Waals surface area (Å²) < 4.78 is 33.2. The molecule has 1 saturated heterocycles. The molecule has 3 N–H and O–H groups in total. The van der Waals surface area contributed by atoms with E-state index < -0.39 is 40.4 Å². The van der Waals surface area contributed by atoms with Crippen LogP contribution in [0, 0.1) is 5.92 Å². The molecule has 0 unspecified atom stereocenters. The van der Waals surface area contributed by atoms with Gasteiger partial charge in [0, 0.05) is 30.1 Å². The maximum absolute atomic E-state index is 15.2. The number of halogens is 1. The van der Waals surface area contributed by atoms with Gasteiger partial charge in [-0.05, 0) is 51.2 Å². The average molecular weight is 594 g/mol. The third kappa shape index (κ3) is 4.14. The van der Waals surface area contributed by atoms with Gasteiger partial charge in [0.15, 0.2) is 16.9 Å². The Labute approximate surface area is 251 Å². The molecule has 2 aliphatic heterocycles. The number of fused-ring (bicyclic) bond motifs is 3. The molecule has 0 spiro atoms. The van der Waals surface area contributed by atoms with Crippen LogP contribution < -0.4 is 19.1 Å². The number of aliphatic hydroxyl groups excluding tert-OH is 1. The molecular formula is C33H40FN3O6. The van der Waals surface area contributed by atoms with Gasteiger partial charge in [-0.25, -0.2) is 4.39 Å². The molecule has 6 rings (SSSR count). The molecule has 1 aliphatic carbocycles. The zero-order valence-corrected chi connectivity index (χ0v) is 25.4. The maximum Gasteiger partial charge on any atom is 0.226 e. The van der Waals surface area contributed by atoms with Gasteiger partial charge in [0.1, 0.15) is 5.75 Å². The minimum absolute atomic E-state index is 0.0613. The second-order valence-corrected chi connectivity index (χ2v) is 12.8. The molecule has 9 nitrogen and oxygen atoms in total. The predicted octanol–water partition coefficient (Wildman–Crippen LogP) is 3.21. The molecule has 3 heterocycles. The minimum Gasteiger partial charge on any atom is -0.481 e. The number of benzene rings is 2. The quantitative estimate of drug-likeness (QED) is 0.363. The van der Waals surface area contributed by atoms with Crippen molar-refractivity contribution in [3.05, 3.63) is 77.4 Å². The summed E-state index contributed by atoms with van der Waals surface area (Å²) in [5.74, 6) is -0.273. The van der Waals surface area contributed by atoms with E-state index in [0.717, 1.165) is 11.3 Å². The normalized spacial score (nSPS) is 29.1. The van der Waals surface area contributed by atoms with Crippen LogP contribution in [0.2, 0.25) is 0 Å². The van der Waals surface area contributed by atoms with Crippen LogP contribution in [0.1, 0.15) is 36.5 Å². The fourth-order valence-corrected chi connectivity index (χ4v) is 7.34. The third-order valence-electron chi connectivity index (χ3n) is 9.62. The van der Waals surface area contributed by atoms with Gasteiger partial charge in [0.05, 0.1) is 44.6 Å². The Balaban J connectivity index is 1.53. The lowest BCUT2D eigenvalue weighted by Gasteiger charge is -2.51. The van der Waals surface area contributed by atoms with E-state index in [1.165, 1.54) is 28.1 Å². The lowest BCUT2D eigenvalue weighted by molar-refractivity contribution is -0.152. The minimum atomic E-state index is -1.96. The van der Waals surface area contributed by atoms with Crippen molar-refractivity contribution in [1.29, 1.82) is 0 Å². The highest BCUT2D eigenvalue weighted by molar-refractivity contribution is 5.61. The standard InChI is InChI=1S/C33H40FN3O6/c1-30(2,39)31(34)18-37(19-31)22-14-12-21(13-15-22)33-26(20-10-8-7-9-11-20)23(17-36(3)4)28(38)32(33,40)27-24(43-33)16-25(41-5)35-29(27)42-6/h7-16,23,26,28,38-40H,17-19H2,1-6H3/t23-,26-,28-,32+,33+/m1/s1. The molecule has 5 atom stereocenters. The van der Waals surface area contributed by atoms with Crippen LogP contribution in [0.4, 0.5) is 10.1 Å². The SMILES string of the molecule is COc1cc2c(c(OC)n1)[C@]1(O)[C@H](O)[C@H](CN(C)C)[C@@H](c3ccccc3)[C@]1(c1ccc(N3CC(F)(C(C)(C)O)C3)cc1)O2. The molecule has 3 aromatic rings. The molecule has 3 aliphatic rings. The van der Waals surface area contributed by atoms with Crippen LogP contribution in [0.5, 0.6) is 17.5 Å². The van der Waals surface area contributed by atoms with E-state index in [-0.39, 0.29) is 30.4 Å². The van der Waals surface area contributed by atoms with Gasteiger partial charge in [0.25, 0.3) is 0 Å². The topological polar surface area (TPSA) is 108 Å². The summed E-state index contributed by atoms with van der Waals surface area (Å²) in [4.78, 5) is 8.30. The third-order valence-corrected chi connectivity index (χ3v) is 9.62. The predicted molar refractivity (Wildman–Crippen MR) is 160 cm³/mol. The Bertz CT molecular complexity index is 1490. The molecule has 0 bridgehead atoms. The largest absolute Gasteiger partial charge is 0.481 e. The smallest absolute Gasteiger partial charge is 0.226 e. The molecule has 2 aromatic carbocycles. The molecule has 0 amide bonds. The number of rotatable bonds is 8. The molecule has 230 valence electrons. The number of aromatic nitrogens is 1. The summed E-state index contributed by atoms with van der Waals surface area (Å²) in [6, 6.07) is 18.9. The van der Waals surface area contributed by atoms with Gasteiger partial charge in [-0.1, -0.05) is 42.5 Å². The van der Waals surface area contributed by atoms with Gasteiger partial charge < -0.3 is 39.3 Å². The number of methoxy groups -OCH3 is 2. The van der Waals surface area contributed by atoms with Crippen LogP contribution in [0.25, 0.3) is 0 Å². The average Bonchev–Trinajstić information content (AvgIpc) is 3.32. The summed E-state index contributed by atoms with van der Waals surface area (Å²) in [5, 5.41) is 35.5. The zero-order valence-electron chi connectivity index (χ0n) is 25.4. The highest BCUT2D eigenvalue weighted by Gasteiger charge is 2.77. The van der Waals surface area contributed by atoms with Crippen LogP contribution >= 0.6 is 0 Å². The Morgan fingerprint density at radius 1 is 1.07 bits per heavy atom. The van der Waals surface area contributed by atoms with E-state index in [1.54, 1.807) is 6.07 Å². The van der Waals surface area contributed by atoms with Gasteiger partial charge >= 0.3 is 0 Å². The highest BCUT2D eigenvalue weighted by Crippen LogP contribution is 2.70. The Morgan fingerprint density at radius 3 is 2.28 bits per heavy atom. The van der Waals surface area contributed by atoms with Crippen LogP contribution in [0.15, 0.2) is 60.7 Å². The van der Waals surface area contributed by atoms with Crippen molar-refractivity contribution in [2.75, 3.05) is 52.8 Å². The molecule has 1 saturated carbocycles. The summed E-state index contributed by atoms with van der Waals surface area (Å²) >= 11 is 0. The van der Waals surface area contributed by atoms with Crippen LogP contribution in [-0.4, -0.2) is 90.5 Å². The number of ether oxygens (including phenoxy) is 3. The van der Waals surface area contributed by atoms with Crippen LogP contribution in [-0.2, 0) is 11.2 Å². The van der Waals surface area contributed by atoms with E-state index in [9.17, 15) is 15.3 Å². The van der Waals surface area contributed by atoms with Crippen molar-refractivity contribution in [2.24, 2.45) is 5.92 Å². The lowest BCUT2D eigenvalue weighted by atomic mass is 9.70. The molecule has 10 heteroatoms. The first-order chi connectivity index (χ1) is 20.3. The first-order valence-corrected chi connectivity index (χ1v) is 14.5. The van der Waals surface area contributed by atoms with Crippen molar-refractivity contribution in [1.82, 2.24) is 9.88 Å². The van der Waals surface area contributed by atoms with Crippen molar-refractivity contribution >= 4 is 5.69 Å². The number of hydrogen-bond acceptors (Lipinski definition) is 9. The van der Waals surface area contributed by atoms with Gasteiger partial charge in [0.2, 0.25) is 11.8 Å². The molecule has 0 radical (unpaired) electrons. The first kappa shape index (κ1) is 29.6. The number of hydrogen-bond donors (Lipinski definition) is 3. The van der Waals surface area contributed by atoms with Gasteiger partial charge in [-0.3, -0.25) is 0 Å². The van der Waals surface area contributed by atoms with Crippen molar-refractivity contribution in [2.45, 2.75) is 48.3 Å². The van der Waals surface area contributed by atoms with Gasteiger partial charge in [-0.2, -0.15) is 4.98 Å². The maximum atomic E-state index is 15.2. The number of anilines is 1. The molecule has 1 aromatic heterocycles. The molecule has 2 fully saturated rings. The summed E-state index contributed by atoms with van der Waals surface area (Å²) in [6.45, 7) is 3.56. The van der Waals surface area contributed by atoms with Crippen molar-refractivity contribution in [3.8, 4) is 17.5 Å². The first-order valence-electron chi connectivity index (χ1n) is 14.5. The summed E-state index contributed by atoms with van der Waals surface area (Å²) in [5.41, 5.74) is -4.03. The Hall–Kier alpha value is -3.44. The fourth-order valence-electron chi connectivity index (χ4n) is 7.34. The zero-order chi connectivity index (χ0) is 30.9. The number of alkyl halides is 1. The van der Waals surface area contributed by atoms with Gasteiger partial charge in [-0.15, -0.1) is 0 Å². The van der Waals surface area contributed by atoms with E-state index in [0.29, 0.717) is 17.9 Å².